The summed E-state index contributed by atoms with van der Waals surface area (Å²) in [6, 6.07) is 8.71. The van der Waals surface area contributed by atoms with Gasteiger partial charge in [-0.25, -0.2) is 0 Å². The lowest BCUT2D eigenvalue weighted by molar-refractivity contribution is -0.118. The van der Waals surface area contributed by atoms with Crippen LogP contribution in [0.5, 0.6) is 0 Å². The molecule has 1 aromatic carbocycles. The van der Waals surface area contributed by atoms with Gasteiger partial charge in [0.2, 0.25) is 5.91 Å². The minimum Gasteiger partial charge on any atom is -0.356 e. The first-order chi connectivity index (χ1) is 13.7. The van der Waals surface area contributed by atoms with E-state index in [9.17, 15) is 4.79 Å². The summed E-state index contributed by atoms with van der Waals surface area (Å²) in [5, 5.41) is 6.91. The summed E-state index contributed by atoms with van der Waals surface area (Å²) in [5.74, 6) is 1.07. The second-order valence-corrected chi connectivity index (χ2v) is 7.79. The summed E-state index contributed by atoms with van der Waals surface area (Å²) in [7, 11) is 1.81. The van der Waals surface area contributed by atoms with Crippen LogP contribution < -0.4 is 15.5 Å². The van der Waals surface area contributed by atoms with E-state index in [1.54, 1.807) is 0 Å². The maximum atomic E-state index is 12.6. The number of fused-ring (bicyclic) bond motifs is 1. The van der Waals surface area contributed by atoms with E-state index in [0.29, 0.717) is 12.5 Å². The Hall–Kier alpha value is -1.35. The zero-order chi connectivity index (χ0) is 19.8. The summed E-state index contributed by atoms with van der Waals surface area (Å²) in [5.41, 5.74) is 2.37. The van der Waals surface area contributed by atoms with Crippen molar-refractivity contribution in [3.05, 3.63) is 29.8 Å². The van der Waals surface area contributed by atoms with Crippen LogP contribution in [0.3, 0.4) is 0 Å². The number of nitrogens with zero attached hydrogens (tertiary/aromatic N) is 3. The lowest BCUT2D eigenvalue weighted by Gasteiger charge is -2.32. The van der Waals surface area contributed by atoms with Crippen LogP contribution >= 0.6 is 24.0 Å². The number of hydrogen-bond donors (Lipinski definition) is 2. The normalized spacial score (nSPS) is 17.6. The SMILES string of the molecule is CCCN1CCC(NC(=NC)NCCCC(=O)N2CCc3ccccc32)CC1.I. The largest absolute Gasteiger partial charge is 0.356 e. The van der Waals surface area contributed by atoms with Crippen LogP contribution in [0.2, 0.25) is 0 Å². The molecule has 0 spiro atoms. The van der Waals surface area contributed by atoms with Crippen molar-refractivity contribution in [2.75, 3.05) is 44.7 Å². The van der Waals surface area contributed by atoms with Crippen molar-refractivity contribution in [1.82, 2.24) is 15.5 Å². The van der Waals surface area contributed by atoms with Crippen molar-refractivity contribution < 1.29 is 4.79 Å². The van der Waals surface area contributed by atoms with E-state index in [2.05, 4.69) is 39.6 Å². The number of benzene rings is 1. The average molecular weight is 513 g/mol. The van der Waals surface area contributed by atoms with Crippen molar-refractivity contribution in [2.45, 2.75) is 51.5 Å². The highest BCUT2D eigenvalue weighted by molar-refractivity contribution is 14.0. The third-order valence-corrected chi connectivity index (χ3v) is 5.74. The predicted molar refractivity (Wildman–Crippen MR) is 131 cm³/mol. The fraction of sp³-hybridized carbons (Fsp3) is 0.636. The van der Waals surface area contributed by atoms with Gasteiger partial charge in [0.1, 0.15) is 0 Å². The summed E-state index contributed by atoms with van der Waals surface area (Å²) in [6.07, 6.45) is 5.89. The molecule has 1 saturated heterocycles. The number of carbonyl (C=O) groups is 1. The molecular weight excluding hydrogens is 477 g/mol. The summed E-state index contributed by atoms with van der Waals surface area (Å²) in [6.45, 7) is 7.34. The highest BCUT2D eigenvalue weighted by Gasteiger charge is 2.23. The second kappa shape index (κ2) is 12.4. The molecule has 0 aromatic heterocycles. The number of hydrogen-bond acceptors (Lipinski definition) is 3. The van der Waals surface area contributed by atoms with Crippen molar-refractivity contribution in [2.24, 2.45) is 4.99 Å². The smallest absolute Gasteiger partial charge is 0.227 e. The van der Waals surface area contributed by atoms with E-state index in [1.165, 1.54) is 18.5 Å². The standard InChI is InChI=1S/C22H35N5O.HI/c1-3-14-26-15-11-19(12-16-26)25-22(23-2)24-13-6-9-21(28)27-17-10-18-7-4-5-8-20(18)27;/h4-5,7-8,19H,3,6,9-17H2,1-2H3,(H2,23,24,25);1H. The van der Waals surface area contributed by atoms with E-state index in [4.69, 9.17) is 0 Å². The van der Waals surface area contributed by atoms with Crippen molar-refractivity contribution in [1.29, 1.82) is 0 Å². The van der Waals surface area contributed by atoms with E-state index >= 15 is 0 Å². The van der Waals surface area contributed by atoms with Crippen LogP contribution in [0, 0.1) is 0 Å². The topological polar surface area (TPSA) is 60.0 Å². The van der Waals surface area contributed by atoms with Gasteiger partial charge in [0.25, 0.3) is 0 Å². The van der Waals surface area contributed by atoms with Crippen LogP contribution in [0.15, 0.2) is 29.3 Å². The lowest BCUT2D eigenvalue weighted by Crippen LogP contribution is -2.49. The van der Waals surface area contributed by atoms with Crippen LogP contribution in [0.1, 0.15) is 44.6 Å². The van der Waals surface area contributed by atoms with Gasteiger partial charge >= 0.3 is 0 Å². The average Bonchev–Trinajstić information content (AvgIpc) is 3.16. The number of nitrogens with one attached hydrogen (secondary N) is 2. The molecule has 3 rings (SSSR count). The first-order valence-corrected chi connectivity index (χ1v) is 10.8. The Balaban J connectivity index is 0.00000300. The first-order valence-electron chi connectivity index (χ1n) is 10.8. The number of anilines is 1. The lowest BCUT2D eigenvalue weighted by atomic mass is 10.1. The quantitative estimate of drug-likeness (QED) is 0.255. The molecule has 6 nitrogen and oxygen atoms in total. The van der Waals surface area contributed by atoms with E-state index in [0.717, 1.165) is 63.5 Å². The van der Waals surface area contributed by atoms with Gasteiger partial charge in [-0.1, -0.05) is 25.1 Å². The van der Waals surface area contributed by atoms with Gasteiger partial charge in [-0.05, 0) is 50.3 Å². The molecule has 7 heteroatoms. The van der Waals surface area contributed by atoms with Crippen LogP contribution in [0.4, 0.5) is 5.69 Å². The molecule has 2 aliphatic rings. The Kier molecular flexibility index (Phi) is 10.2. The Morgan fingerprint density at radius 3 is 2.69 bits per heavy atom. The Morgan fingerprint density at radius 2 is 1.97 bits per heavy atom. The monoisotopic (exact) mass is 513 g/mol. The number of piperidine rings is 1. The molecule has 0 aliphatic carbocycles. The summed E-state index contributed by atoms with van der Waals surface area (Å²) < 4.78 is 0. The fourth-order valence-electron chi connectivity index (χ4n) is 4.18. The highest BCUT2D eigenvalue weighted by atomic mass is 127. The molecule has 2 N–H and O–H groups in total. The number of likely N-dealkylation sites (tertiary alicyclic amines) is 1. The third kappa shape index (κ3) is 6.84. The molecule has 0 saturated carbocycles. The van der Waals surface area contributed by atoms with E-state index < -0.39 is 0 Å². The zero-order valence-electron chi connectivity index (χ0n) is 17.8. The van der Waals surface area contributed by atoms with Gasteiger partial charge < -0.3 is 20.4 Å². The number of guanidine groups is 1. The van der Waals surface area contributed by atoms with Gasteiger partial charge in [-0.2, -0.15) is 0 Å². The maximum absolute atomic E-state index is 12.6. The number of aliphatic imine (C=N–C) groups is 1. The van der Waals surface area contributed by atoms with Crippen molar-refractivity contribution in [3.63, 3.8) is 0 Å². The van der Waals surface area contributed by atoms with Crippen molar-refractivity contribution in [3.8, 4) is 0 Å². The molecule has 0 bridgehead atoms. The van der Waals surface area contributed by atoms with Crippen LogP contribution in [-0.2, 0) is 11.2 Å². The minimum atomic E-state index is 0. The van der Waals surface area contributed by atoms with Gasteiger partial charge in [-0.15, -0.1) is 24.0 Å². The highest BCUT2D eigenvalue weighted by Crippen LogP contribution is 2.27. The molecule has 1 aromatic rings. The molecule has 29 heavy (non-hydrogen) atoms. The van der Waals surface area contributed by atoms with Gasteiger partial charge in [0, 0.05) is 51.4 Å². The Morgan fingerprint density at radius 1 is 1.21 bits per heavy atom. The van der Waals surface area contributed by atoms with Gasteiger partial charge in [-0.3, -0.25) is 9.79 Å². The Labute approximate surface area is 192 Å². The van der Waals surface area contributed by atoms with E-state index in [1.807, 2.05) is 24.1 Å². The number of carbonyl (C=O) groups excluding carboxylic acids is 1. The molecule has 1 amide bonds. The number of rotatable bonds is 7. The summed E-state index contributed by atoms with van der Waals surface area (Å²) in [4.78, 5) is 21.4. The second-order valence-electron chi connectivity index (χ2n) is 7.79. The molecule has 0 radical (unpaired) electrons. The van der Waals surface area contributed by atoms with Gasteiger partial charge in [0.15, 0.2) is 5.96 Å². The number of para-hydroxylation sites is 1. The summed E-state index contributed by atoms with van der Waals surface area (Å²) >= 11 is 0. The molecule has 0 unspecified atom stereocenters. The molecule has 2 aliphatic heterocycles. The van der Waals surface area contributed by atoms with Crippen LogP contribution in [-0.4, -0.2) is 62.6 Å². The van der Waals surface area contributed by atoms with Crippen molar-refractivity contribution >= 4 is 41.5 Å². The Bertz CT molecular complexity index is 673. The fourth-order valence-corrected chi connectivity index (χ4v) is 4.18. The molecule has 1 fully saturated rings. The molecular formula is C22H36IN5O. The van der Waals surface area contributed by atoms with Crippen LogP contribution in [0.25, 0.3) is 0 Å². The first kappa shape index (κ1) is 23.9. The number of amides is 1. The zero-order valence-corrected chi connectivity index (χ0v) is 20.2. The van der Waals surface area contributed by atoms with Gasteiger partial charge in [0.05, 0.1) is 0 Å². The molecule has 2 heterocycles. The minimum absolute atomic E-state index is 0. The predicted octanol–water partition coefficient (Wildman–Crippen LogP) is 3.01. The third-order valence-electron chi connectivity index (χ3n) is 5.74. The number of halogens is 1. The molecule has 0 atom stereocenters. The molecule has 162 valence electrons. The maximum Gasteiger partial charge on any atom is 0.227 e. The van der Waals surface area contributed by atoms with E-state index in [-0.39, 0.29) is 29.9 Å².